The summed E-state index contributed by atoms with van der Waals surface area (Å²) >= 11 is 5.27. The number of aromatic nitrogens is 2. The summed E-state index contributed by atoms with van der Waals surface area (Å²) in [6.45, 7) is 7.16. The molecule has 6 heteroatoms. The van der Waals surface area contributed by atoms with Crippen LogP contribution in [0.3, 0.4) is 0 Å². The molecule has 0 saturated heterocycles. The standard InChI is InChI=1S/C17H24N4OS/c1-3-22-10-6-9-18-17(23)20-16-11-19-21(13-16)12-15-8-5-4-7-14(15)2/h4-5,7-8,11,13H,3,6,9-10,12H2,1-2H3,(H2,18,20,23). The first-order valence-corrected chi connectivity index (χ1v) is 8.29. The maximum Gasteiger partial charge on any atom is 0.170 e. The second-order valence-corrected chi connectivity index (χ2v) is 5.69. The number of hydrogen-bond acceptors (Lipinski definition) is 3. The molecule has 0 fully saturated rings. The van der Waals surface area contributed by atoms with Gasteiger partial charge in [0.15, 0.2) is 5.11 Å². The van der Waals surface area contributed by atoms with E-state index in [1.807, 2.05) is 29.9 Å². The normalized spacial score (nSPS) is 10.5. The molecule has 0 aliphatic carbocycles. The van der Waals surface area contributed by atoms with Crippen molar-refractivity contribution >= 4 is 23.0 Å². The van der Waals surface area contributed by atoms with Crippen molar-refractivity contribution in [1.29, 1.82) is 0 Å². The van der Waals surface area contributed by atoms with Crippen LogP contribution in [0.2, 0.25) is 0 Å². The summed E-state index contributed by atoms with van der Waals surface area (Å²) in [7, 11) is 0. The number of thiocarbonyl (C=S) groups is 1. The molecule has 0 amide bonds. The van der Waals surface area contributed by atoms with Gasteiger partial charge in [0.05, 0.1) is 18.4 Å². The summed E-state index contributed by atoms with van der Waals surface area (Å²) in [6, 6.07) is 8.32. The minimum Gasteiger partial charge on any atom is -0.382 e. The van der Waals surface area contributed by atoms with E-state index in [2.05, 4.69) is 34.8 Å². The van der Waals surface area contributed by atoms with Crippen molar-refractivity contribution in [2.45, 2.75) is 26.8 Å². The van der Waals surface area contributed by atoms with E-state index >= 15 is 0 Å². The molecule has 1 aromatic heterocycles. The fourth-order valence-corrected chi connectivity index (χ4v) is 2.39. The number of anilines is 1. The molecular formula is C17H24N4OS. The summed E-state index contributed by atoms with van der Waals surface area (Å²) in [6.07, 6.45) is 4.68. The molecule has 0 atom stereocenters. The molecule has 0 saturated carbocycles. The average molecular weight is 332 g/mol. The van der Waals surface area contributed by atoms with Gasteiger partial charge in [-0.25, -0.2) is 0 Å². The zero-order chi connectivity index (χ0) is 16.5. The maximum absolute atomic E-state index is 5.29. The van der Waals surface area contributed by atoms with E-state index in [4.69, 9.17) is 17.0 Å². The van der Waals surface area contributed by atoms with Gasteiger partial charge in [-0.1, -0.05) is 24.3 Å². The van der Waals surface area contributed by atoms with Gasteiger partial charge in [0.2, 0.25) is 0 Å². The van der Waals surface area contributed by atoms with Crippen molar-refractivity contribution < 1.29 is 4.74 Å². The first-order valence-electron chi connectivity index (χ1n) is 7.88. The lowest BCUT2D eigenvalue weighted by Gasteiger charge is -2.08. The SMILES string of the molecule is CCOCCCNC(=S)Nc1cnn(Cc2ccccc2C)c1. The van der Waals surface area contributed by atoms with E-state index < -0.39 is 0 Å². The Morgan fingerprint density at radius 3 is 2.96 bits per heavy atom. The number of aryl methyl sites for hydroxylation is 1. The smallest absolute Gasteiger partial charge is 0.170 e. The Labute approximate surface area is 143 Å². The topological polar surface area (TPSA) is 51.1 Å². The van der Waals surface area contributed by atoms with Gasteiger partial charge < -0.3 is 15.4 Å². The van der Waals surface area contributed by atoms with E-state index in [0.717, 1.165) is 38.4 Å². The lowest BCUT2D eigenvalue weighted by atomic mass is 10.1. The van der Waals surface area contributed by atoms with Crippen LogP contribution in [-0.4, -0.2) is 34.7 Å². The van der Waals surface area contributed by atoms with E-state index in [1.54, 1.807) is 6.20 Å². The summed E-state index contributed by atoms with van der Waals surface area (Å²) in [5, 5.41) is 11.3. The average Bonchev–Trinajstić information content (AvgIpc) is 2.96. The van der Waals surface area contributed by atoms with Crippen molar-refractivity contribution in [1.82, 2.24) is 15.1 Å². The highest BCUT2D eigenvalue weighted by Crippen LogP contribution is 2.11. The fourth-order valence-electron chi connectivity index (χ4n) is 2.17. The Balaban J connectivity index is 1.78. The van der Waals surface area contributed by atoms with E-state index in [1.165, 1.54) is 11.1 Å². The summed E-state index contributed by atoms with van der Waals surface area (Å²) in [5.74, 6) is 0. The Morgan fingerprint density at radius 1 is 1.35 bits per heavy atom. The van der Waals surface area contributed by atoms with Gasteiger partial charge in [0.1, 0.15) is 0 Å². The lowest BCUT2D eigenvalue weighted by Crippen LogP contribution is -2.29. The number of rotatable bonds is 8. The molecule has 1 aromatic carbocycles. The third-order valence-corrected chi connectivity index (χ3v) is 3.69. The molecule has 2 N–H and O–H groups in total. The molecule has 0 bridgehead atoms. The van der Waals surface area contributed by atoms with Crippen LogP contribution in [0.4, 0.5) is 5.69 Å². The predicted molar refractivity (Wildman–Crippen MR) is 97.8 cm³/mol. The van der Waals surface area contributed by atoms with Gasteiger partial charge >= 0.3 is 0 Å². The van der Waals surface area contributed by atoms with Gasteiger partial charge in [-0.3, -0.25) is 4.68 Å². The maximum atomic E-state index is 5.29. The summed E-state index contributed by atoms with van der Waals surface area (Å²) in [5.41, 5.74) is 3.42. The van der Waals surface area contributed by atoms with Gasteiger partial charge in [-0.2, -0.15) is 5.10 Å². The zero-order valence-electron chi connectivity index (χ0n) is 13.7. The Bertz CT molecular complexity index is 627. The van der Waals surface area contributed by atoms with Crippen molar-refractivity contribution in [3.05, 3.63) is 47.8 Å². The highest BCUT2D eigenvalue weighted by Gasteiger charge is 2.03. The molecule has 0 spiro atoms. The summed E-state index contributed by atoms with van der Waals surface area (Å²) in [4.78, 5) is 0. The van der Waals surface area contributed by atoms with Crippen LogP contribution in [0.15, 0.2) is 36.7 Å². The van der Waals surface area contributed by atoms with E-state index in [0.29, 0.717) is 5.11 Å². The van der Waals surface area contributed by atoms with Crippen molar-refractivity contribution in [2.24, 2.45) is 0 Å². The van der Waals surface area contributed by atoms with Crippen LogP contribution in [0.1, 0.15) is 24.5 Å². The Morgan fingerprint density at radius 2 is 2.17 bits per heavy atom. The highest BCUT2D eigenvalue weighted by molar-refractivity contribution is 7.80. The second-order valence-electron chi connectivity index (χ2n) is 5.28. The van der Waals surface area contributed by atoms with Gasteiger partial charge in [-0.05, 0) is 43.6 Å². The van der Waals surface area contributed by atoms with Crippen LogP contribution in [0.25, 0.3) is 0 Å². The van der Waals surface area contributed by atoms with Gasteiger partial charge in [0, 0.05) is 26.0 Å². The van der Waals surface area contributed by atoms with Crippen molar-refractivity contribution in [3.8, 4) is 0 Å². The molecule has 23 heavy (non-hydrogen) atoms. The third kappa shape index (κ3) is 6.00. The number of ether oxygens (including phenoxy) is 1. The molecule has 0 aliphatic rings. The van der Waals surface area contributed by atoms with E-state index in [9.17, 15) is 0 Å². The number of benzene rings is 1. The second kappa shape index (κ2) is 9.27. The van der Waals surface area contributed by atoms with Gasteiger partial charge in [-0.15, -0.1) is 0 Å². The minimum atomic E-state index is 0.608. The Kier molecular flexibility index (Phi) is 7.03. The number of nitrogens with one attached hydrogen (secondary N) is 2. The highest BCUT2D eigenvalue weighted by atomic mass is 32.1. The molecule has 5 nitrogen and oxygen atoms in total. The van der Waals surface area contributed by atoms with Crippen LogP contribution < -0.4 is 10.6 Å². The van der Waals surface area contributed by atoms with E-state index in [-0.39, 0.29) is 0 Å². The Hall–Kier alpha value is -1.92. The van der Waals surface area contributed by atoms with Crippen molar-refractivity contribution in [3.63, 3.8) is 0 Å². The largest absolute Gasteiger partial charge is 0.382 e. The molecule has 2 rings (SSSR count). The first-order chi connectivity index (χ1) is 11.2. The first kappa shape index (κ1) is 17.4. The van der Waals surface area contributed by atoms with Gasteiger partial charge in [0.25, 0.3) is 0 Å². The molecule has 0 radical (unpaired) electrons. The monoisotopic (exact) mass is 332 g/mol. The molecular weight excluding hydrogens is 308 g/mol. The third-order valence-electron chi connectivity index (χ3n) is 3.44. The number of hydrogen-bond donors (Lipinski definition) is 2. The summed E-state index contributed by atoms with van der Waals surface area (Å²) < 4.78 is 7.19. The molecule has 0 aliphatic heterocycles. The fraction of sp³-hybridized carbons (Fsp3) is 0.412. The number of nitrogens with zero attached hydrogens (tertiary/aromatic N) is 2. The predicted octanol–water partition coefficient (Wildman–Crippen LogP) is 2.95. The molecule has 124 valence electrons. The quantitative estimate of drug-likeness (QED) is 0.575. The van der Waals surface area contributed by atoms with Crippen molar-refractivity contribution in [2.75, 3.05) is 25.1 Å². The minimum absolute atomic E-state index is 0.608. The lowest BCUT2D eigenvalue weighted by molar-refractivity contribution is 0.146. The van der Waals surface area contributed by atoms with Crippen LogP contribution in [0.5, 0.6) is 0 Å². The molecule has 2 aromatic rings. The van der Waals surface area contributed by atoms with Crippen LogP contribution in [-0.2, 0) is 11.3 Å². The zero-order valence-corrected chi connectivity index (χ0v) is 14.5. The van der Waals surface area contributed by atoms with Crippen LogP contribution in [0, 0.1) is 6.92 Å². The molecule has 1 heterocycles. The molecule has 0 unspecified atom stereocenters. The van der Waals surface area contributed by atoms with Crippen LogP contribution >= 0.6 is 12.2 Å².